The van der Waals surface area contributed by atoms with Crippen molar-refractivity contribution in [2.75, 3.05) is 20.2 Å². The number of aromatic nitrogens is 2. The van der Waals surface area contributed by atoms with Gasteiger partial charge in [0.2, 0.25) is 0 Å². The molecule has 152 valence electrons. The molecule has 3 aromatic rings. The number of carbonyl (C=O) groups excluding carboxylic acids is 2. The third-order valence-corrected chi connectivity index (χ3v) is 6.45. The fraction of sp³-hybridized carbons (Fsp3) is 0.429. The summed E-state index contributed by atoms with van der Waals surface area (Å²) in [5.41, 5.74) is 3.27. The van der Waals surface area contributed by atoms with Gasteiger partial charge in [-0.15, -0.1) is 11.3 Å². The molecule has 0 saturated carbocycles. The highest BCUT2D eigenvalue weighted by Crippen LogP contribution is 2.33. The van der Waals surface area contributed by atoms with Crippen LogP contribution >= 0.6 is 11.3 Å². The fourth-order valence-corrected chi connectivity index (χ4v) is 4.87. The van der Waals surface area contributed by atoms with Gasteiger partial charge in [-0.3, -0.25) is 9.59 Å². The Morgan fingerprint density at radius 3 is 2.55 bits per heavy atom. The van der Waals surface area contributed by atoms with E-state index in [-0.39, 0.29) is 17.8 Å². The van der Waals surface area contributed by atoms with Crippen molar-refractivity contribution in [1.29, 1.82) is 0 Å². The number of nitrogens with zero attached hydrogens (tertiary/aromatic N) is 3. The zero-order valence-electron chi connectivity index (χ0n) is 16.9. The maximum Gasteiger partial charge on any atom is 0.308 e. The van der Waals surface area contributed by atoms with E-state index < -0.39 is 0 Å². The minimum Gasteiger partial charge on any atom is -0.469 e. The van der Waals surface area contributed by atoms with Crippen LogP contribution in [0.1, 0.15) is 38.6 Å². The smallest absolute Gasteiger partial charge is 0.308 e. The second-order valence-electron chi connectivity index (χ2n) is 7.42. The predicted molar refractivity (Wildman–Crippen MR) is 110 cm³/mol. The van der Waals surface area contributed by atoms with E-state index in [1.54, 1.807) is 16.2 Å². The lowest BCUT2D eigenvalue weighted by Gasteiger charge is -2.31. The molecule has 0 unspecified atom stereocenters. The van der Waals surface area contributed by atoms with Crippen molar-refractivity contribution in [1.82, 2.24) is 15.0 Å². The Kier molecular flexibility index (Phi) is 5.12. The van der Waals surface area contributed by atoms with E-state index in [0.29, 0.717) is 54.0 Å². The zero-order valence-corrected chi connectivity index (χ0v) is 17.8. The molecule has 1 saturated heterocycles. The molecule has 1 aliphatic rings. The highest BCUT2D eigenvalue weighted by Gasteiger charge is 2.30. The minimum atomic E-state index is -0.205. The number of amides is 1. The molecule has 0 aromatic carbocycles. The fourth-order valence-electron chi connectivity index (χ4n) is 3.94. The summed E-state index contributed by atoms with van der Waals surface area (Å²) < 4.78 is 10.2. The highest BCUT2D eigenvalue weighted by atomic mass is 32.1. The SMILES string of the molecule is COC(=O)C1CCN(C(=O)c2cc(-c3cc(C)sc3C)nc3onc(C)c23)CC1. The molecular weight excluding hydrogens is 390 g/mol. The van der Waals surface area contributed by atoms with E-state index in [0.717, 1.165) is 10.4 Å². The number of thiophene rings is 1. The summed E-state index contributed by atoms with van der Waals surface area (Å²) in [6, 6.07) is 3.92. The van der Waals surface area contributed by atoms with Crippen LogP contribution < -0.4 is 0 Å². The Balaban J connectivity index is 1.71. The van der Waals surface area contributed by atoms with Crippen molar-refractivity contribution in [3.05, 3.63) is 33.1 Å². The first-order chi connectivity index (χ1) is 13.9. The standard InChI is InChI=1S/C21H23N3O4S/c1-11-9-15(13(3)29-11)17-10-16(18-12(2)23-28-19(18)22-17)20(25)24-7-5-14(6-8-24)21(26)27-4/h9-10,14H,5-8H2,1-4H3. The van der Waals surface area contributed by atoms with Gasteiger partial charge in [-0.05, 0) is 45.7 Å². The number of methoxy groups -OCH3 is 1. The molecule has 8 heteroatoms. The van der Waals surface area contributed by atoms with Crippen molar-refractivity contribution in [3.8, 4) is 11.3 Å². The Morgan fingerprint density at radius 1 is 1.21 bits per heavy atom. The van der Waals surface area contributed by atoms with Gasteiger partial charge >= 0.3 is 5.97 Å². The lowest BCUT2D eigenvalue weighted by molar-refractivity contribution is -0.146. The number of carbonyl (C=O) groups is 2. The predicted octanol–water partition coefficient (Wildman–Crippen LogP) is 3.90. The molecule has 0 aliphatic carbocycles. The van der Waals surface area contributed by atoms with Crippen LogP contribution in [0.3, 0.4) is 0 Å². The first-order valence-corrected chi connectivity index (χ1v) is 10.4. The number of likely N-dealkylation sites (tertiary alicyclic amines) is 1. The van der Waals surface area contributed by atoms with Gasteiger partial charge in [-0.2, -0.15) is 0 Å². The average Bonchev–Trinajstić information content (AvgIpc) is 3.27. The van der Waals surface area contributed by atoms with E-state index >= 15 is 0 Å². The third kappa shape index (κ3) is 3.53. The van der Waals surface area contributed by atoms with Crippen LogP contribution in [0.2, 0.25) is 0 Å². The lowest BCUT2D eigenvalue weighted by atomic mass is 9.96. The Morgan fingerprint density at radius 2 is 1.93 bits per heavy atom. The number of pyridine rings is 1. The van der Waals surface area contributed by atoms with Gasteiger partial charge in [-0.25, -0.2) is 4.98 Å². The van der Waals surface area contributed by atoms with Gasteiger partial charge in [0.15, 0.2) is 0 Å². The number of ether oxygens (including phenoxy) is 1. The van der Waals surface area contributed by atoms with Gasteiger partial charge in [0.25, 0.3) is 11.6 Å². The van der Waals surface area contributed by atoms with Gasteiger partial charge in [0, 0.05) is 28.4 Å². The van der Waals surface area contributed by atoms with E-state index in [4.69, 9.17) is 9.26 Å². The van der Waals surface area contributed by atoms with Crippen molar-refractivity contribution in [3.63, 3.8) is 0 Å². The summed E-state index contributed by atoms with van der Waals surface area (Å²) in [4.78, 5) is 33.9. The molecule has 4 rings (SSSR count). The first kappa shape index (κ1) is 19.6. The van der Waals surface area contributed by atoms with Gasteiger partial charge in [-0.1, -0.05) is 5.16 Å². The van der Waals surface area contributed by atoms with Crippen molar-refractivity contribution >= 4 is 34.3 Å². The van der Waals surface area contributed by atoms with Crippen LogP contribution in [0.5, 0.6) is 0 Å². The van der Waals surface area contributed by atoms with E-state index in [9.17, 15) is 9.59 Å². The molecule has 3 aromatic heterocycles. The Bertz CT molecular complexity index is 1090. The third-order valence-electron chi connectivity index (χ3n) is 5.48. The maximum absolute atomic E-state index is 13.4. The average molecular weight is 413 g/mol. The number of hydrogen-bond acceptors (Lipinski definition) is 7. The molecule has 1 amide bonds. The van der Waals surface area contributed by atoms with Crippen LogP contribution in [-0.2, 0) is 9.53 Å². The summed E-state index contributed by atoms with van der Waals surface area (Å²) in [6.45, 7) is 6.93. The normalized spacial score (nSPS) is 15.1. The molecule has 4 heterocycles. The maximum atomic E-state index is 13.4. The highest BCUT2D eigenvalue weighted by molar-refractivity contribution is 7.12. The molecule has 7 nitrogen and oxygen atoms in total. The number of fused-ring (bicyclic) bond motifs is 1. The number of piperidine rings is 1. The van der Waals surface area contributed by atoms with Crippen LogP contribution in [0.25, 0.3) is 22.4 Å². The number of aryl methyl sites for hydroxylation is 3. The van der Waals surface area contributed by atoms with Gasteiger partial charge in [0.05, 0.1) is 35.4 Å². The molecular formula is C21H23N3O4S. The van der Waals surface area contributed by atoms with Crippen LogP contribution in [0.4, 0.5) is 0 Å². The van der Waals surface area contributed by atoms with E-state index in [2.05, 4.69) is 23.1 Å². The van der Waals surface area contributed by atoms with E-state index in [1.807, 2.05) is 19.9 Å². The van der Waals surface area contributed by atoms with Gasteiger partial charge < -0.3 is 14.2 Å². The molecule has 0 atom stereocenters. The Hall–Kier alpha value is -2.74. The van der Waals surface area contributed by atoms with Crippen molar-refractivity contribution in [2.24, 2.45) is 5.92 Å². The summed E-state index contributed by atoms with van der Waals surface area (Å²) in [5.74, 6) is -0.437. The second kappa shape index (κ2) is 7.59. The van der Waals surface area contributed by atoms with Crippen molar-refractivity contribution < 1.29 is 18.8 Å². The van der Waals surface area contributed by atoms with Crippen LogP contribution in [0.15, 0.2) is 16.7 Å². The second-order valence-corrected chi connectivity index (χ2v) is 8.88. The number of rotatable bonds is 3. The van der Waals surface area contributed by atoms with Crippen LogP contribution in [-0.4, -0.2) is 47.1 Å². The quantitative estimate of drug-likeness (QED) is 0.606. The molecule has 1 aliphatic heterocycles. The zero-order chi connectivity index (χ0) is 20.7. The molecule has 29 heavy (non-hydrogen) atoms. The molecule has 0 N–H and O–H groups in total. The van der Waals surface area contributed by atoms with Crippen molar-refractivity contribution in [2.45, 2.75) is 33.6 Å². The first-order valence-electron chi connectivity index (χ1n) is 9.60. The number of hydrogen-bond donors (Lipinski definition) is 0. The molecule has 1 fully saturated rings. The van der Waals surface area contributed by atoms with Gasteiger partial charge in [0.1, 0.15) is 0 Å². The Labute approximate surface area is 172 Å². The summed E-state index contributed by atoms with van der Waals surface area (Å²) in [5, 5.41) is 4.68. The lowest BCUT2D eigenvalue weighted by Crippen LogP contribution is -2.40. The molecule has 0 bridgehead atoms. The number of esters is 1. The molecule has 0 spiro atoms. The topological polar surface area (TPSA) is 85.5 Å². The summed E-state index contributed by atoms with van der Waals surface area (Å²) >= 11 is 1.70. The molecule has 0 radical (unpaired) electrons. The summed E-state index contributed by atoms with van der Waals surface area (Å²) in [6.07, 6.45) is 1.20. The summed E-state index contributed by atoms with van der Waals surface area (Å²) in [7, 11) is 1.40. The van der Waals surface area contributed by atoms with E-state index in [1.165, 1.54) is 12.0 Å². The largest absolute Gasteiger partial charge is 0.469 e. The van der Waals surface area contributed by atoms with Crippen LogP contribution in [0, 0.1) is 26.7 Å². The monoisotopic (exact) mass is 413 g/mol. The minimum absolute atomic E-state index is 0.0853.